The van der Waals surface area contributed by atoms with Gasteiger partial charge in [0.2, 0.25) is 0 Å². The van der Waals surface area contributed by atoms with Crippen LogP contribution in [0.25, 0.3) is 0 Å². The van der Waals surface area contributed by atoms with Gasteiger partial charge in [-0.25, -0.2) is 9.78 Å². The Balaban J connectivity index is 1.99. The van der Waals surface area contributed by atoms with E-state index in [1.165, 1.54) is 13.3 Å². The molecule has 0 aliphatic heterocycles. The van der Waals surface area contributed by atoms with Crippen LogP contribution in [0.1, 0.15) is 34.9 Å². The molecule has 0 saturated carbocycles. The van der Waals surface area contributed by atoms with Crippen LogP contribution >= 0.6 is 11.3 Å². The molecule has 20 heavy (non-hydrogen) atoms. The van der Waals surface area contributed by atoms with E-state index in [0.29, 0.717) is 12.1 Å². The second-order valence-electron chi connectivity index (χ2n) is 4.85. The highest BCUT2D eigenvalue weighted by Crippen LogP contribution is 2.22. The summed E-state index contributed by atoms with van der Waals surface area (Å²) in [7, 11) is 1.36. The lowest BCUT2D eigenvalue weighted by atomic mass is 10.1. The number of nitrogens with one attached hydrogen (secondary N) is 1. The predicted octanol–water partition coefficient (Wildman–Crippen LogP) is 2.35. The van der Waals surface area contributed by atoms with Gasteiger partial charge in [-0.1, -0.05) is 0 Å². The third-order valence-corrected chi connectivity index (χ3v) is 4.02. The highest BCUT2D eigenvalue weighted by molar-refractivity contribution is 7.09. The van der Waals surface area contributed by atoms with Crippen LogP contribution in [0.5, 0.6) is 0 Å². The summed E-state index contributed by atoms with van der Waals surface area (Å²) in [5.74, 6) is -0.375. The van der Waals surface area contributed by atoms with Crippen LogP contribution in [0, 0.1) is 0 Å². The maximum Gasteiger partial charge on any atom is 0.339 e. The Bertz CT molecular complexity index is 565. The number of hydrogen-bond donors (Lipinski definition) is 1. The molecule has 0 aliphatic carbocycles. The molecule has 2 rings (SSSR count). The Kier molecular flexibility index (Phi) is 4.46. The molecule has 0 amide bonds. The predicted molar refractivity (Wildman–Crippen MR) is 77.6 cm³/mol. The van der Waals surface area contributed by atoms with Crippen molar-refractivity contribution in [2.75, 3.05) is 7.11 Å². The van der Waals surface area contributed by atoms with Gasteiger partial charge in [-0.05, 0) is 26.0 Å². The molecule has 0 atom stereocenters. The molecule has 0 radical (unpaired) electrons. The van der Waals surface area contributed by atoms with Crippen molar-refractivity contribution in [2.24, 2.45) is 0 Å². The molecule has 0 spiro atoms. The zero-order valence-electron chi connectivity index (χ0n) is 11.7. The smallest absolute Gasteiger partial charge is 0.339 e. The summed E-state index contributed by atoms with van der Waals surface area (Å²) < 4.78 is 4.64. The van der Waals surface area contributed by atoms with Crippen LogP contribution in [0.4, 0.5) is 0 Å². The number of rotatable bonds is 5. The first kappa shape index (κ1) is 14.6. The SMILES string of the molecule is COC(=O)c1ccc(CNC(C)(C)c2nccs2)nc1. The molecule has 2 aromatic heterocycles. The van der Waals surface area contributed by atoms with E-state index in [4.69, 9.17) is 0 Å². The molecule has 106 valence electrons. The van der Waals surface area contributed by atoms with E-state index in [2.05, 4.69) is 33.9 Å². The van der Waals surface area contributed by atoms with Gasteiger partial charge in [-0.2, -0.15) is 0 Å². The Hall–Kier alpha value is -1.79. The molecule has 0 aliphatic rings. The lowest BCUT2D eigenvalue weighted by Gasteiger charge is -2.23. The molecule has 0 bridgehead atoms. The van der Waals surface area contributed by atoms with Crippen LogP contribution in [0.2, 0.25) is 0 Å². The Morgan fingerprint density at radius 1 is 1.40 bits per heavy atom. The fourth-order valence-corrected chi connectivity index (χ4v) is 2.43. The standard InChI is InChI=1S/C14H17N3O2S/c1-14(2,13-15-6-7-20-13)17-9-11-5-4-10(8-16-11)12(18)19-3/h4-8,17H,9H2,1-3H3. The molecule has 6 heteroatoms. The zero-order chi connectivity index (χ0) is 14.6. The molecule has 5 nitrogen and oxygen atoms in total. The zero-order valence-corrected chi connectivity index (χ0v) is 12.5. The number of hydrogen-bond acceptors (Lipinski definition) is 6. The lowest BCUT2D eigenvalue weighted by Crippen LogP contribution is -2.36. The second kappa shape index (κ2) is 6.11. The van der Waals surface area contributed by atoms with Crippen molar-refractivity contribution in [3.63, 3.8) is 0 Å². The largest absolute Gasteiger partial charge is 0.465 e. The minimum absolute atomic E-state index is 0.211. The molecule has 0 fully saturated rings. The van der Waals surface area contributed by atoms with Gasteiger partial charge in [0.1, 0.15) is 5.01 Å². The van der Waals surface area contributed by atoms with Gasteiger partial charge in [-0.15, -0.1) is 11.3 Å². The van der Waals surface area contributed by atoms with Crippen molar-refractivity contribution < 1.29 is 9.53 Å². The maximum atomic E-state index is 11.3. The molecule has 2 aromatic rings. The molecular formula is C14H17N3O2S. The van der Waals surface area contributed by atoms with E-state index in [-0.39, 0.29) is 11.5 Å². The summed E-state index contributed by atoms with van der Waals surface area (Å²) in [4.78, 5) is 19.9. The first-order valence-corrected chi connectivity index (χ1v) is 7.09. The van der Waals surface area contributed by atoms with Crippen molar-refractivity contribution in [1.82, 2.24) is 15.3 Å². The molecule has 0 aromatic carbocycles. The van der Waals surface area contributed by atoms with Gasteiger partial charge in [-0.3, -0.25) is 4.98 Å². The van der Waals surface area contributed by atoms with Crippen molar-refractivity contribution in [2.45, 2.75) is 25.9 Å². The summed E-state index contributed by atoms with van der Waals surface area (Å²) in [6.07, 6.45) is 3.33. The monoisotopic (exact) mass is 291 g/mol. The number of ether oxygens (including phenoxy) is 1. The van der Waals surface area contributed by atoms with E-state index in [0.717, 1.165) is 10.7 Å². The number of pyridine rings is 1. The van der Waals surface area contributed by atoms with Crippen LogP contribution in [0.3, 0.4) is 0 Å². The topological polar surface area (TPSA) is 64.1 Å². The molecule has 2 heterocycles. The lowest BCUT2D eigenvalue weighted by molar-refractivity contribution is 0.0600. The average Bonchev–Trinajstić information content (AvgIpc) is 3.00. The maximum absolute atomic E-state index is 11.3. The van der Waals surface area contributed by atoms with Crippen molar-refractivity contribution in [1.29, 1.82) is 0 Å². The first-order chi connectivity index (χ1) is 9.53. The minimum Gasteiger partial charge on any atom is -0.465 e. The fourth-order valence-electron chi connectivity index (χ4n) is 1.69. The summed E-state index contributed by atoms with van der Waals surface area (Å²) in [6.45, 7) is 4.76. The van der Waals surface area contributed by atoms with E-state index in [1.807, 2.05) is 11.4 Å². The van der Waals surface area contributed by atoms with Crippen LogP contribution in [0.15, 0.2) is 29.9 Å². The second-order valence-corrected chi connectivity index (χ2v) is 5.74. The number of esters is 1. The summed E-state index contributed by atoms with van der Waals surface area (Å²) in [5, 5.41) is 6.40. The molecule has 1 N–H and O–H groups in total. The van der Waals surface area contributed by atoms with E-state index in [9.17, 15) is 4.79 Å². The summed E-state index contributed by atoms with van der Waals surface area (Å²) in [5.41, 5.74) is 1.11. The first-order valence-electron chi connectivity index (χ1n) is 6.21. The minimum atomic E-state index is -0.375. The average molecular weight is 291 g/mol. The number of methoxy groups -OCH3 is 1. The number of carbonyl (C=O) groups excluding carboxylic acids is 1. The van der Waals surface area contributed by atoms with Crippen molar-refractivity contribution in [3.05, 3.63) is 46.2 Å². The third kappa shape index (κ3) is 3.40. The molecular weight excluding hydrogens is 274 g/mol. The quantitative estimate of drug-likeness (QED) is 0.857. The number of thiazole rings is 1. The number of carbonyl (C=O) groups is 1. The summed E-state index contributed by atoms with van der Waals surface area (Å²) >= 11 is 1.62. The third-order valence-electron chi connectivity index (χ3n) is 2.92. The van der Waals surface area contributed by atoms with Crippen molar-refractivity contribution in [3.8, 4) is 0 Å². The Morgan fingerprint density at radius 3 is 2.75 bits per heavy atom. The Morgan fingerprint density at radius 2 is 2.20 bits per heavy atom. The van der Waals surface area contributed by atoms with E-state index in [1.54, 1.807) is 23.6 Å². The normalized spacial score (nSPS) is 11.3. The Labute approximate surface area is 122 Å². The van der Waals surface area contributed by atoms with Gasteiger partial charge >= 0.3 is 5.97 Å². The van der Waals surface area contributed by atoms with Gasteiger partial charge in [0.25, 0.3) is 0 Å². The molecule has 0 unspecified atom stereocenters. The summed E-state index contributed by atoms with van der Waals surface area (Å²) in [6, 6.07) is 3.53. The van der Waals surface area contributed by atoms with Gasteiger partial charge < -0.3 is 10.1 Å². The van der Waals surface area contributed by atoms with E-state index < -0.39 is 0 Å². The number of aromatic nitrogens is 2. The van der Waals surface area contributed by atoms with Crippen molar-refractivity contribution >= 4 is 17.3 Å². The van der Waals surface area contributed by atoms with Crippen LogP contribution in [-0.2, 0) is 16.8 Å². The fraction of sp³-hybridized carbons (Fsp3) is 0.357. The van der Waals surface area contributed by atoms with Crippen LogP contribution in [-0.4, -0.2) is 23.0 Å². The van der Waals surface area contributed by atoms with E-state index >= 15 is 0 Å². The highest BCUT2D eigenvalue weighted by Gasteiger charge is 2.22. The van der Waals surface area contributed by atoms with Gasteiger partial charge in [0.05, 0.1) is 23.9 Å². The highest BCUT2D eigenvalue weighted by atomic mass is 32.1. The van der Waals surface area contributed by atoms with Gasteiger partial charge in [0.15, 0.2) is 0 Å². The molecule has 0 saturated heterocycles. The van der Waals surface area contributed by atoms with Gasteiger partial charge in [0, 0.05) is 24.3 Å². The number of nitrogens with zero attached hydrogens (tertiary/aromatic N) is 2. The van der Waals surface area contributed by atoms with Crippen LogP contribution < -0.4 is 5.32 Å².